The molecule has 178 valence electrons. The lowest BCUT2D eigenvalue weighted by Crippen LogP contribution is -2.36. The van der Waals surface area contributed by atoms with Gasteiger partial charge < -0.3 is 10.1 Å². The molecule has 0 aliphatic heterocycles. The lowest BCUT2D eigenvalue weighted by atomic mass is 10.1. The third-order valence-electron chi connectivity index (χ3n) is 4.60. The van der Waals surface area contributed by atoms with Crippen molar-refractivity contribution in [2.45, 2.75) is 0 Å². The zero-order chi connectivity index (χ0) is 24.3. The van der Waals surface area contributed by atoms with Crippen molar-refractivity contribution in [3.8, 4) is 23.0 Å². The molecular formula is C20H18ClF2N7O3S. The summed E-state index contributed by atoms with van der Waals surface area (Å²) in [5.41, 5.74) is 1.30. The molecule has 0 saturated carbocycles. The molecule has 10 nitrogen and oxygen atoms in total. The standard InChI is InChI=1S/C20H18ClF2N7O3S/c1-24-34(31,32)26-9-8-25-18-16-17(12-4-2-3-5-13(12)21)29-30-19(16)28-20(27-18)33-15-7-6-11(22)10-14(15)23/h2-7,10,24,26H,8-9H2,1H3,(H2,25,27,28,29,30). The molecule has 14 heteroatoms. The van der Waals surface area contributed by atoms with Crippen LogP contribution in [0.2, 0.25) is 5.02 Å². The maximum absolute atomic E-state index is 14.1. The normalized spacial score (nSPS) is 11.6. The first-order valence-corrected chi connectivity index (χ1v) is 11.7. The Morgan fingerprint density at radius 3 is 2.65 bits per heavy atom. The highest BCUT2D eigenvalue weighted by atomic mass is 35.5. The van der Waals surface area contributed by atoms with Crippen LogP contribution in [0.1, 0.15) is 0 Å². The van der Waals surface area contributed by atoms with Crippen molar-refractivity contribution in [3.63, 3.8) is 0 Å². The van der Waals surface area contributed by atoms with Crippen LogP contribution >= 0.6 is 11.6 Å². The van der Waals surface area contributed by atoms with Gasteiger partial charge in [-0.25, -0.2) is 18.2 Å². The van der Waals surface area contributed by atoms with E-state index in [1.165, 1.54) is 7.05 Å². The highest BCUT2D eigenvalue weighted by Crippen LogP contribution is 2.35. The molecule has 4 N–H and O–H groups in total. The molecule has 0 unspecified atom stereocenters. The number of fused-ring (bicyclic) bond motifs is 1. The lowest BCUT2D eigenvalue weighted by molar-refractivity contribution is 0.410. The highest BCUT2D eigenvalue weighted by molar-refractivity contribution is 7.87. The summed E-state index contributed by atoms with van der Waals surface area (Å²) in [5, 5.41) is 11.0. The third-order valence-corrected chi connectivity index (χ3v) is 6.05. The summed E-state index contributed by atoms with van der Waals surface area (Å²) < 4.78 is 60.4. The fraction of sp³-hybridized carbons (Fsp3) is 0.150. The van der Waals surface area contributed by atoms with Crippen LogP contribution in [0.4, 0.5) is 14.6 Å². The monoisotopic (exact) mass is 509 g/mol. The van der Waals surface area contributed by atoms with E-state index < -0.39 is 21.8 Å². The van der Waals surface area contributed by atoms with E-state index in [0.717, 1.165) is 12.1 Å². The molecule has 4 aromatic rings. The molecule has 0 saturated heterocycles. The molecule has 2 heterocycles. The van der Waals surface area contributed by atoms with Crippen LogP contribution in [0.3, 0.4) is 0 Å². The molecular weight excluding hydrogens is 492 g/mol. The molecule has 0 amide bonds. The van der Waals surface area contributed by atoms with Crippen molar-refractivity contribution in [2.75, 3.05) is 25.5 Å². The molecule has 0 spiro atoms. The topological polar surface area (TPSA) is 134 Å². The maximum atomic E-state index is 14.1. The van der Waals surface area contributed by atoms with Crippen molar-refractivity contribution in [3.05, 3.63) is 59.1 Å². The van der Waals surface area contributed by atoms with E-state index in [4.69, 9.17) is 16.3 Å². The van der Waals surface area contributed by atoms with Gasteiger partial charge in [-0.05, 0) is 18.2 Å². The Morgan fingerprint density at radius 1 is 1.12 bits per heavy atom. The van der Waals surface area contributed by atoms with Crippen molar-refractivity contribution in [1.82, 2.24) is 29.6 Å². The van der Waals surface area contributed by atoms with E-state index in [-0.39, 0.29) is 36.3 Å². The first-order valence-electron chi connectivity index (χ1n) is 9.83. The van der Waals surface area contributed by atoms with Gasteiger partial charge in [-0.3, -0.25) is 5.10 Å². The van der Waals surface area contributed by atoms with E-state index >= 15 is 0 Å². The molecule has 0 atom stereocenters. The Hall–Kier alpha value is -3.39. The van der Waals surface area contributed by atoms with E-state index in [1.54, 1.807) is 24.3 Å². The Labute approximate surface area is 197 Å². The number of anilines is 1. The number of H-pyrrole nitrogens is 1. The smallest absolute Gasteiger partial charge is 0.326 e. The number of aromatic amines is 1. The average molecular weight is 510 g/mol. The number of halogens is 3. The van der Waals surface area contributed by atoms with Crippen molar-refractivity contribution in [2.24, 2.45) is 0 Å². The Morgan fingerprint density at radius 2 is 1.91 bits per heavy atom. The highest BCUT2D eigenvalue weighted by Gasteiger charge is 2.20. The molecule has 4 rings (SSSR count). The molecule has 2 aromatic carbocycles. The van der Waals surface area contributed by atoms with Crippen LogP contribution in [-0.2, 0) is 10.2 Å². The minimum Gasteiger partial charge on any atom is -0.421 e. The van der Waals surface area contributed by atoms with Gasteiger partial charge >= 0.3 is 6.01 Å². The number of nitrogens with zero attached hydrogens (tertiary/aromatic N) is 3. The lowest BCUT2D eigenvalue weighted by Gasteiger charge is -2.11. The number of nitrogens with one attached hydrogen (secondary N) is 4. The Balaban J connectivity index is 1.72. The molecule has 0 fully saturated rings. The molecule has 34 heavy (non-hydrogen) atoms. The van der Waals surface area contributed by atoms with E-state index in [9.17, 15) is 17.2 Å². The second-order valence-electron chi connectivity index (χ2n) is 6.84. The van der Waals surface area contributed by atoms with Gasteiger partial charge in [-0.1, -0.05) is 29.8 Å². The zero-order valence-electron chi connectivity index (χ0n) is 17.6. The van der Waals surface area contributed by atoms with Crippen LogP contribution in [0.15, 0.2) is 42.5 Å². The van der Waals surface area contributed by atoms with Gasteiger partial charge in [-0.2, -0.15) is 23.5 Å². The van der Waals surface area contributed by atoms with E-state index in [2.05, 4.69) is 34.9 Å². The predicted molar refractivity (Wildman–Crippen MR) is 123 cm³/mol. The van der Waals surface area contributed by atoms with Crippen LogP contribution in [0, 0.1) is 11.6 Å². The Bertz CT molecular complexity index is 1450. The summed E-state index contributed by atoms with van der Waals surface area (Å²) >= 11 is 6.33. The second kappa shape index (κ2) is 9.85. The average Bonchev–Trinajstić information content (AvgIpc) is 3.23. The molecule has 0 radical (unpaired) electrons. The van der Waals surface area contributed by atoms with Gasteiger partial charge in [0, 0.05) is 31.8 Å². The number of benzene rings is 2. The van der Waals surface area contributed by atoms with Crippen LogP contribution in [-0.4, -0.2) is 48.7 Å². The summed E-state index contributed by atoms with van der Waals surface area (Å²) in [6, 6.07) is 9.60. The molecule has 2 aromatic heterocycles. The Kier molecular flexibility index (Phi) is 6.88. The van der Waals surface area contributed by atoms with Gasteiger partial charge in [0.15, 0.2) is 17.2 Å². The van der Waals surface area contributed by atoms with Crippen LogP contribution in [0.5, 0.6) is 11.8 Å². The first-order chi connectivity index (χ1) is 16.3. The quantitative estimate of drug-likeness (QED) is 0.254. The minimum absolute atomic E-state index is 0.0245. The fourth-order valence-corrected chi connectivity index (χ4v) is 3.77. The molecule has 0 bridgehead atoms. The van der Waals surface area contributed by atoms with Crippen LogP contribution in [0.25, 0.3) is 22.3 Å². The van der Waals surface area contributed by atoms with Crippen LogP contribution < -0.4 is 19.5 Å². The van der Waals surface area contributed by atoms with Crippen molar-refractivity contribution >= 4 is 38.7 Å². The van der Waals surface area contributed by atoms with E-state index in [1.807, 2.05) is 0 Å². The SMILES string of the molecule is CNS(=O)(=O)NCCNc1nc(Oc2ccc(F)cc2F)nc2[nH]nc(-c3ccccc3Cl)c12. The maximum Gasteiger partial charge on any atom is 0.326 e. The molecule has 0 aliphatic rings. The zero-order valence-corrected chi connectivity index (χ0v) is 19.1. The summed E-state index contributed by atoms with van der Waals surface area (Å²) in [7, 11) is -2.34. The third kappa shape index (κ3) is 5.22. The van der Waals surface area contributed by atoms with Crippen molar-refractivity contribution in [1.29, 1.82) is 0 Å². The van der Waals surface area contributed by atoms with Gasteiger partial charge in [0.2, 0.25) is 0 Å². The van der Waals surface area contributed by atoms with Crippen molar-refractivity contribution < 1.29 is 21.9 Å². The van der Waals surface area contributed by atoms with Gasteiger partial charge in [0.25, 0.3) is 10.2 Å². The summed E-state index contributed by atoms with van der Waals surface area (Å²) in [4.78, 5) is 8.54. The van der Waals surface area contributed by atoms with Gasteiger partial charge in [0.05, 0.1) is 10.4 Å². The minimum atomic E-state index is -3.63. The second-order valence-corrected chi connectivity index (χ2v) is 8.95. The van der Waals surface area contributed by atoms with E-state index in [0.29, 0.717) is 27.7 Å². The summed E-state index contributed by atoms with van der Waals surface area (Å²) in [6.07, 6.45) is 0. The fourth-order valence-electron chi connectivity index (χ4n) is 3.03. The number of hydrogen-bond acceptors (Lipinski definition) is 7. The number of hydrogen-bond donors (Lipinski definition) is 4. The van der Waals surface area contributed by atoms with Gasteiger partial charge in [-0.15, -0.1) is 0 Å². The number of ether oxygens (including phenoxy) is 1. The number of rotatable bonds is 9. The summed E-state index contributed by atoms with van der Waals surface area (Å²) in [6.45, 7) is 0.154. The van der Waals surface area contributed by atoms with Gasteiger partial charge in [0.1, 0.15) is 17.3 Å². The molecule has 0 aliphatic carbocycles. The predicted octanol–water partition coefficient (Wildman–Crippen LogP) is 3.21. The first kappa shape index (κ1) is 23.8. The number of aromatic nitrogens is 4. The largest absolute Gasteiger partial charge is 0.421 e. The summed E-state index contributed by atoms with van der Waals surface area (Å²) in [5.74, 6) is -1.74.